The summed E-state index contributed by atoms with van der Waals surface area (Å²) >= 11 is 0. The van der Waals surface area contributed by atoms with Crippen LogP contribution in [0, 0.1) is 13.8 Å². The van der Waals surface area contributed by atoms with E-state index in [1.807, 2.05) is 38.1 Å². The number of rotatable bonds is 3. The maximum atomic E-state index is 9.31. The highest BCUT2D eigenvalue weighted by atomic mass is 16.3. The van der Waals surface area contributed by atoms with E-state index in [1.165, 1.54) is 0 Å². The van der Waals surface area contributed by atoms with Gasteiger partial charge >= 0.3 is 0 Å². The summed E-state index contributed by atoms with van der Waals surface area (Å²) < 4.78 is 1.60. The van der Waals surface area contributed by atoms with Crippen molar-refractivity contribution in [2.75, 3.05) is 5.32 Å². The first-order chi connectivity index (χ1) is 9.69. The van der Waals surface area contributed by atoms with Gasteiger partial charge in [-0.25, -0.2) is 4.98 Å². The number of para-hydroxylation sites is 1. The molecule has 0 saturated heterocycles. The first-order valence-corrected chi connectivity index (χ1v) is 6.34. The molecule has 0 aliphatic rings. The number of aromatic nitrogens is 4. The zero-order chi connectivity index (χ0) is 14.1. The number of benzene rings is 1. The van der Waals surface area contributed by atoms with Gasteiger partial charge in [0, 0.05) is 11.3 Å². The molecule has 0 radical (unpaired) electrons. The second-order valence-corrected chi connectivity index (χ2v) is 4.60. The molecular weight excluding hydrogens is 254 g/mol. The molecule has 0 fully saturated rings. The van der Waals surface area contributed by atoms with E-state index in [-0.39, 0.29) is 6.61 Å². The van der Waals surface area contributed by atoms with Crippen molar-refractivity contribution in [3.8, 4) is 0 Å². The Labute approximate surface area is 116 Å². The smallest absolute Gasteiger partial charge is 0.232 e. The molecule has 0 atom stereocenters. The van der Waals surface area contributed by atoms with Crippen LogP contribution in [-0.2, 0) is 6.61 Å². The molecule has 6 heteroatoms. The Balaban J connectivity index is 2.12. The van der Waals surface area contributed by atoms with Crippen LogP contribution in [0.5, 0.6) is 0 Å². The standard InChI is InChI=1S/C14H15N5O/c1-9-5-3-4-6-12(9)18-14-17-10(2)16-13-11(8-20)7-15-19(13)14/h3-7,20H,8H2,1-2H3,(H,16,17,18). The third-order valence-corrected chi connectivity index (χ3v) is 3.11. The van der Waals surface area contributed by atoms with E-state index in [2.05, 4.69) is 20.4 Å². The molecular formula is C14H15N5O. The third kappa shape index (κ3) is 2.10. The highest BCUT2D eigenvalue weighted by Crippen LogP contribution is 2.20. The number of hydrogen-bond donors (Lipinski definition) is 2. The number of aryl methyl sites for hydroxylation is 2. The molecule has 20 heavy (non-hydrogen) atoms. The topological polar surface area (TPSA) is 75.3 Å². The Morgan fingerprint density at radius 3 is 2.75 bits per heavy atom. The van der Waals surface area contributed by atoms with Gasteiger partial charge in [0.05, 0.1) is 12.8 Å². The molecule has 2 N–H and O–H groups in total. The largest absolute Gasteiger partial charge is 0.391 e. The van der Waals surface area contributed by atoms with E-state index in [4.69, 9.17) is 0 Å². The molecule has 0 aliphatic heterocycles. The van der Waals surface area contributed by atoms with Gasteiger partial charge in [-0.15, -0.1) is 0 Å². The number of hydrogen-bond acceptors (Lipinski definition) is 5. The fraction of sp³-hybridized carbons (Fsp3) is 0.214. The highest BCUT2D eigenvalue weighted by Gasteiger charge is 2.11. The normalized spacial score (nSPS) is 10.9. The number of aliphatic hydroxyl groups excluding tert-OH is 1. The first-order valence-electron chi connectivity index (χ1n) is 6.34. The van der Waals surface area contributed by atoms with Crippen LogP contribution >= 0.6 is 0 Å². The van der Waals surface area contributed by atoms with Gasteiger partial charge in [0.2, 0.25) is 5.95 Å². The summed E-state index contributed by atoms with van der Waals surface area (Å²) in [5.74, 6) is 1.21. The molecule has 2 heterocycles. The second-order valence-electron chi connectivity index (χ2n) is 4.60. The Hall–Kier alpha value is -2.47. The molecule has 0 amide bonds. The molecule has 3 aromatic rings. The molecule has 0 spiro atoms. The zero-order valence-corrected chi connectivity index (χ0v) is 11.3. The molecule has 3 rings (SSSR count). The van der Waals surface area contributed by atoms with E-state index < -0.39 is 0 Å². The summed E-state index contributed by atoms with van der Waals surface area (Å²) in [5, 5.41) is 16.8. The maximum Gasteiger partial charge on any atom is 0.232 e. The van der Waals surface area contributed by atoms with Crippen molar-refractivity contribution in [1.29, 1.82) is 0 Å². The van der Waals surface area contributed by atoms with Crippen molar-refractivity contribution >= 4 is 17.3 Å². The SMILES string of the molecule is Cc1nc(Nc2ccccc2C)n2ncc(CO)c2n1. The van der Waals surface area contributed by atoms with Crippen molar-refractivity contribution in [2.45, 2.75) is 20.5 Å². The van der Waals surface area contributed by atoms with E-state index in [9.17, 15) is 5.11 Å². The second kappa shape index (κ2) is 4.90. The molecule has 6 nitrogen and oxygen atoms in total. The third-order valence-electron chi connectivity index (χ3n) is 3.11. The van der Waals surface area contributed by atoms with Crippen LogP contribution in [0.1, 0.15) is 17.0 Å². The Morgan fingerprint density at radius 1 is 1.20 bits per heavy atom. The van der Waals surface area contributed by atoms with Gasteiger partial charge in [0.1, 0.15) is 5.82 Å². The van der Waals surface area contributed by atoms with Gasteiger partial charge in [-0.3, -0.25) is 0 Å². The van der Waals surface area contributed by atoms with Gasteiger partial charge in [-0.1, -0.05) is 18.2 Å². The molecule has 102 valence electrons. The van der Waals surface area contributed by atoms with Gasteiger partial charge in [-0.05, 0) is 25.5 Å². The summed E-state index contributed by atoms with van der Waals surface area (Å²) in [5.41, 5.74) is 3.39. The van der Waals surface area contributed by atoms with Crippen LogP contribution in [0.2, 0.25) is 0 Å². The van der Waals surface area contributed by atoms with Gasteiger partial charge < -0.3 is 10.4 Å². The van der Waals surface area contributed by atoms with Crippen molar-refractivity contribution in [3.63, 3.8) is 0 Å². The van der Waals surface area contributed by atoms with Gasteiger partial charge in [0.25, 0.3) is 0 Å². The average Bonchev–Trinajstić information content (AvgIpc) is 2.84. The van der Waals surface area contributed by atoms with Crippen LogP contribution in [0.3, 0.4) is 0 Å². The number of nitrogens with one attached hydrogen (secondary N) is 1. The summed E-state index contributed by atoms with van der Waals surface area (Å²) in [6, 6.07) is 7.95. The molecule has 0 unspecified atom stereocenters. The van der Waals surface area contributed by atoms with Crippen LogP contribution < -0.4 is 5.32 Å². The average molecular weight is 269 g/mol. The summed E-state index contributed by atoms with van der Waals surface area (Å²) in [6.07, 6.45) is 1.60. The number of fused-ring (bicyclic) bond motifs is 1. The summed E-state index contributed by atoms with van der Waals surface area (Å²) in [7, 11) is 0. The van der Waals surface area contributed by atoms with Gasteiger partial charge in [-0.2, -0.15) is 14.6 Å². The van der Waals surface area contributed by atoms with Crippen molar-refractivity contribution < 1.29 is 5.11 Å². The Kier molecular flexibility index (Phi) is 3.08. The lowest BCUT2D eigenvalue weighted by molar-refractivity contribution is 0.283. The van der Waals surface area contributed by atoms with E-state index in [1.54, 1.807) is 10.7 Å². The molecule has 0 aliphatic carbocycles. The summed E-state index contributed by atoms with van der Waals surface area (Å²) in [6.45, 7) is 3.75. The Morgan fingerprint density at radius 2 is 2.00 bits per heavy atom. The van der Waals surface area contributed by atoms with Crippen LogP contribution in [0.4, 0.5) is 11.6 Å². The first kappa shape index (κ1) is 12.6. The zero-order valence-electron chi connectivity index (χ0n) is 11.3. The van der Waals surface area contributed by atoms with Crippen molar-refractivity contribution in [2.24, 2.45) is 0 Å². The van der Waals surface area contributed by atoms with Crippen molar-refractivity contribution in [1.82, 2.24) is 19.6 Å². The van der Waals surface area contributed by atoms with Crippen LogP contribution in [-0.4, -0.2) is 24.7 Å². The molecule has 0 bridgehead atoms. The lowest BCUT2D eigenvalue weighted by Gasteiger charge is -2.10. The predicted octanol–water partition coefficient (Wildman–Crippen LogP) is 1.98. The van der Waals surface area contributed by atoms with E-state index in [0.29, 0.717) is 23.0 Å². The fourth-order valence-electron chi connectivity index (χ4n) is 2.05. The number of aliphatic hydroxyl groups is 1. The van der Waals surface area contributed by atoms with Crippen LogP contribution in [0.25, 0.3) is 5.65 Å². The predicted molar refractivity (Wildman–Crippen MR) is 75.9 cm³/mol. The van der Waals surface area contributed by atoms with Gasteiger partial charge in [0.15, 0.2) is 5.65 Å². The molecule has 0 saturated carbocycles. The fourth-order valence-corrected chi connectivity index (χ4v) is 2.05. The van der Waals surface area contributed by atoms with E-state index in [0.717, 1.165) is 11.3 Å². The minimum atomic E-state index is -0.0935. The number of nitrogens with zero attached hydrogens (tertiary/aromatic N) is 4. The lowest BCUT2D eigenvalue weighted by atomic mass is 10.2. The lowest BCUT2D eigenvalue weighted by Crippen LogP contribution is -2.07. The molecule has 2 aromatic heterocycles. The summed E-state index contributed by atoms with van der Waals surface area (Å²) in [4.78, 5) is 8.70. The maximum absolute atomic E-state index is 9.31. The Bertz CT molecular complexity index is 765. The molecule has 1 aromatic carbocycles. The number of anilines is 2. The van der Waals surface area contributed by atoms with Crippen molar-refractivity contribution in [3.05, 3.63) is 47.4 Å². The highest BCUT2D eigenvalue weighted by molar-refractivity contribution is 5.60. The minimum absolute atomic E-state index is 0.0935. The minimum Gasteiger partial charge on any atom is -0.391 e. The monoisotopic (exact) mass is 269 g/mol. The van der Waals surface area contributed by atoms with Crippen LogP contribution in [0.15, 0.2) is 30.5 Å². The quantitative estimate of drug-likeness (QED) is 0.760. The van der Waals surface area contributed by atoms with E-state index >= 15 is 0 Å².